The topological polar surface area (TPSA) is 62.5 Å². The minimum absolute atomic E-state index is 0.0791. The molecule has 0 fully saturated rings. The fourth-order valence-corrected chi connectivity index (χ4v) is 3.51. The number of hydrogen-bond donors (Lipinski definition) is 1. The number of nitrogens with zero attached hydrogens (tertiary/aromatic N) is 4. The van der Waals surface area contributed by atoms with E-state index in [2.05, 4.69) is 52.5 Å². The van der Waals surface area contributed by atoms with Crippen molar-refractivity contribution in [2.45, 2.75) is 26.8 Å². The van der Waals surface area contributed by atoms with Crippen LogP contribution in [0.5, 0.6) is 0 Å². The first-order chi connectivity index (χ1) is 14.4. The van der Waals surface area contributed by atoms with Gasteiger partial charge in [-0.25, -0.2) is 9.50 Å². The van der Waals surface area contributed by atoms with Crippen molar-refractivity contribution in [3.05, 3.63) is 78.2 Å². The van der Waals surface area contributed by atoms with Crippen molar-refractivity contribution in [2.24, 2.45) is 0 Å². The predicted molar refractivity (Wildman–Crippen MR) is 121 cm³/mol. The van der Waals surface area contributed by atoms with Gasteiger partial charge in [-0.2, -0.15) is 5.10 Å². The average molecular weight is 399 g/mol. The number of hydrogen-bond acceptors (Lipinski definition) is 4. The zero-order valence-corrected chi connectivity index (χ0v) is 17.6. The van der Waals surface area contributed by atoms with Gasteiger partial charge in [0, 0.05) is 37.6 Å². The van der Waals surface area contributed by atoms with Gasteiger partial charge in [-0.3, -0.25) is 4.79 Å². The van der Waals surface area contributed by atoms with E-state index in [1.807, 2.05) is 60.4 Å². The van der Waals surface area contributed by atoms with Crippen LogP contribution in [-0.2, 0) is 4.79 Å². The molecule has 1 atom stereocenters. The number of anilines is 2. The molecule has 4 aromatic rings. The first kappa shape index (κ1) is 19.6. The van der Waals surface area contributed by atoms with Crippen molar-refractivity contribution in [2.75, 3.05) is 17.3 Å². The number of aromatic nitrogens is 3. The SMILES string of the molecule is CC(=O)Nc1ccc(-c2cnn3ccc(C(C)N(C)c4ccc(C)cn4)cc23)cc1. The lowest BCUT2D eigenvalue weighted by atomic mass is 10.0. The van der Waals surface area contributed by atoms with Gasteiger partial charge in [0.25, 0.3) is 0 Å². The highest BCUT2D eigenvalue weighted by atomic mass is 16.1. The molecule has 6 heteroatoms. The Morgan fingerprint density at radius 1 is 1.10 bits per heavy atom. The molecule has 3 aromatic heterocycles. The summed E-state index contributed by atoms with van der Waals surface area (Å²) in [6.07, 6.45) is 5.76. The average Bonchev–Trinajstić information content (AvgIpc) is 3.16. The van der Waals surface area contributed by atoms with Gasteiger partial charge in [0.2, 0.25) is 5.91 Å². The molecular formula is C24H25N5O. The summed E-state index contributed by atoms with van der Waals surface area (Å²) >= 11 is 0. The second-order valence-electron chi connectivity index (χ2n) is 7.59. The smallest absolute Gasteiger partial charge is 0.221 e. The normalized spacial score (nSPS) is 12.0. The van der Waals surface area contributed by atoms with E-state index in [1.54, 1.807) is 0 Å². The third kappa shape index (κ3) is 3.89. The number of carbonyl (C=O) groups excluding carboxylic acids is 1. The summed E-state index contributed by atoms with van der Waals surface area (Å²) in [6, 6.07) is 16.4. The zero-order valence-electron chi connectivity index (χ0n) is 17.6. The molecule has 1 aromatic carbocycles. The van der Waals surface area contributed by atoms with Crippen LogP contribution < -0.4 is 10.2 Å². The number of rotatable bonds is 5. The highest BCUT2D eigenvalue weighted by Gasteiger charge is 2.16. The minimum atomic E-state index is -0.0791. The largest absolute Gasteiger partial charge is 0.353 e. The van der Waals surface area contributed by atoms with E-state index in [4.69, 9.17) is 0 Å². The van der Waals surface area contributed by atoms with Crippen LogP contribution in [0.25, 0.3) is 16.6 Å². The molecule has 0 aliphatic carbocycles. The highest BCUT2D eigenvalue weighted by Crippen LogP contribution is 2.30. The molecule has 0 saturated heterocycles. The van der Waals surface area contributed by atoms with Crippen LogP contribution in [0.1, 0.15) is 31.0 Å². The van der Waals surface area contributed by atoms with Gasteiger partial charge in [-0.15, -0.1) is 0 Å². The van der Waals surface area contributed by atoms with Crippen molar-refractivity contribution >= 4 is 22.9 Å². The second kappa shape index (κ2) is 7.99. The van der Waals surface area contributed by atoms with Crippen LogP contribution in [0.15, 0.2) is 67.1 Å². The van der Waals surface area contributed by atoms with Crippen molar-refractivity contribution in [1.82, 2.24) is 14.6 Å². The summed E-state index contributed by atoms with van der Waals surface area (Å²) in [5.74, 6) is 0.861. The molecule has 1 amide bonds. The number of pyridine rings is 2. The van der Waals surface area contributed by atoms with E-state index in [0.29, 0.717) is 0 Å². The Bertz CT molecular complexity index is 1180. The summed E-state index contributed by atoms with van der Waals surface area (Å²) in [7, 11) is 2.06. The van der Waals surface area contributed by atoms with Gasteiger partial charge in [-0.05, 0) is 60.9 Å². The van der Waals surface area contributed by atoms with Crippen molar-refractivity contribution in [1.29, 1.82) is 0 Å². The molecule has 0 radical (unpaired) electrons. The number of carbonyl (C=O) groups is 1. The Labute approximate surface area is 176 Å². The Hall–Kier alpha value is -3.67. The molecule has 0 aliphatic heterocycles. The molecular weight excluding hydrogens is 374 g/mol. The van der Waals surface area contributed by atoms with Crippen LogP contribution in [0.3, 0.4) is 0 Å². The van der Waals surface area contributed by atoms with Crippen molar-refractivity contribution in [3.8, 4) is 11.1 Å². The quantitative estimate of drug-likeness (QED) is 0.521. The van der Waals surface area contributed by atoms with Gasteiger partial charge < -0.3 is 10.2 Å². The van der Waals surface area contributed by atoms with E-state index >= 15 is 0 Å². The first-order valence-corrected chi connectivity index (χ1v) is 9.93. The first-order valence-electron chi connectivity index (χ1n) is 9.93. The van der Waals surface area contributed by atoms with E-state index in [1.165, 1.54) is 12.5 Å². The molecule has 152 valence electrons. The maximum Gasteiger partial charge on any atom is 0.221 e. The Balaban J connectivity index is 1.65. The lowest BCUT2D eigenvalue weighted by Crippen LogP contribution is -2.22. The Kier molecular flexibility index (Phi) is 5.23. The van der Waals surface area contributed by atoms with Crippen LogP contribution in [0.4, 0.5) is 11.5 Å². The fourth-order valence-electron chi connectivity index (χ4n) is 3.51. The lowest BCUT2D eigenvalue weighted by molar-refractivity contribution is -0.114. The van der Waals surface area contributed by atoms with Gasteiger partial charge >= 0.3 is 0 Å². The molecule has 3 heterocycles. The molecule has 30 heavy (non-hydrogen) atoms. The minimum Gasteiger partial charge on any atom is -0.353 e. The summed E-state index contributed by atoms with van der Waals surface area (Å²) in [6.45, 7) is 5.72. The van der Waals surface area contributed by atoms with Crippen LogP contribution in [0.2, 0.25) is 0 Å². The van der Waals surface area contributed by atoms with Gasteiger partial charge in [0.15, 0.2) is 0 Å². The summed E-state index contributed by atoms with van der Waals surface area (Å²) < 4.78 is 1.89. The van der Waals surface area contributed by atoms with Crippen LogP contribution in [-0.4, -0.2) is 27.6 Å². The third-order valence-electron chi connectivity index (χ3n) is 5.38. The molecule has 1 unspecified atom stereocenters. The fraction of sp³-hybridized carbons (Fsp3) is 0.208. The van der Waals surface area contributed by atoms with E-state index in [-0.39, 0.29) is 11.9 Å². The van der Waals surface area contributed by atoms with E-state index in [9.17, 15) is 4.79 Å². The molecule has 4 rings (SSSR count). The maximum atomic E-state index is 11.2. The number of nitrogens with one attached hydrogen (secondary N) is 1. The van der Waals surface area contributed by atoms with Crippen molar-refractivity contribution in [3.63, 3.8) is 0 Å². The number of fused-ring (bicyclic) bond motifs is 1. The molecule has 6 nitrogen and oxygen atoms in total. The van der Waals surface area contributed by atoms with Crippen molar-refractivity contribution < 1.29 is 4.79 Å². The number of amides is 1. The van der Waals surface area contributed by atoms with Crippen LogP contribution >= 0.6 is 0 Å². The number of benzene rings is 1. The monoisotopic (exact) mass is 399 g/mol. The summed E-state index contributed by atoms with van der Waals surface area (Å²) in [4.78, 5) is 18.0. The predicted octanol–water partition coefficient (Wildman–Crippen LogP) is 4.86. The van der Waals surface area contributed by atoms with Gasteiger partial charge in [0.05, 0.1) is 17.8 Å². The molecule has 0 aliphatic rings. The van der Waals surface area contributed by atoms with Crippen LogP contribution in [0, 0.1) is 6.92 Å². The Morgan fingerprint density at radius 2 is 1.87 bits per heavy atom. The molecule has 1 N–H and O–H groups in total. The Morgan fingerprint density at radius 3 is 2.53 bits per heavy atom. The highest BCUT2D eigenvalue weighted by molar-refractivity contribution is 5.89. The standard InChI is InChI=1S/C24H25N5O/c1-16-5-10-24(25-14-16)28(4)17(2)20-11-12-29-23(13-20)22(15-26-29)19-6-8-21(9-7-19)27-18(3)30/h5-15,17H,1-4H3,(H,27,30). The third-order valence-corrected chi connectivity index (χ3v) is 5.38. The summed E-state index contributed by atoms with van der Waals surface area (Å²) in [5.41, 5.74) is 6.26. The van der Waals surface area contributed by atoms with Gasteiger partial charge in [-0.1, -0.05) is 18.2 Å². The molecule has 0 bridgehead atoms. The zero-order chi connectivity index (χ0) is 21.3. The van der Waals surface area contributed by atoms with Gasteiger partial charge in [0.1, 0.15) is 5.82 Å². The van der Waals surface area contributed by atoms with E-state index in [0.717, 1.165) is 33.7 Å². The maximum absolute atomic E-state index is 11.2. The molecule has 0 spiro atoms. The lowest BCUT2D eigenvalue weighted by Gasteiger charge is -2.26. The van der Waals surface area contributed by atoms with E-state index < -0.39 is 0 Å². The summed E-state index contributed by atoms with van der Waals surface area (Å²) in [5, 5.41) is 7.30. The number of aryl methyl sites for hydroxylation is 1. The second-order valence-corrected chi connectivity index (χ2v) is 7.59. The molecule has 0 saturated carbocycles.